The average Bonchev–Trinajstić information content (AvgIpc) is 3.05. The van der Waals surface area contributed by atoms with Crippen molar-refractivity contribution >= 4 is 33.2 Å². The van der Waals surface area contributed by atoms with E-state index in [4.69, 9.17) is 9.52 Å². The molecule has 0 spiro atoms. The first-order valence-corrected chi connectivity index (χ1v) is 7.87. The normalized spacial score (nSPS) is 10.8. The predicted molar refractivity (Wildman–Crippen MR) is 84.2 cm³/mol. The van der Waals surface area contributed by atoms with Crippen LogP contribution >= 0.6 is 27.3 Å². The molecule has 0 amide bonds. The second kappa shape index (κ2) is 6.02. The zero-order valence-electron chi connectivity index (χ0n) is 11.0. The van der Waals surface area contributed by atoms with Gasteiger partial charge < -0.3 is 9.52 Å². The van der Waals surface area contributed by atoms with Crippen LogP contribution in [0, 0.1) is 5.82 Å². The molecule has 2 aromatic heterocycles. The molecule has 0 unspecified atom stereocenters. The third kappa shape index (κ3) is 3.10. The maximum absolute atomic E-state index is 13.0. The molecule has 112 valence electrons. The van der Waals surface area contributed by atoms with Crippen molar-refractivity contribution in [3.63, 3.8) is 0 Å². The van der Waals surface area contributed by atoms with Crippen molar-refractivity contribution in [1.82, 2.24) is 4.98 Å². The molecule has 4 nitrogen and oxygen atoms in total. The van der Waals surface area contributed by atoms with Gasteiger partial charge in [-0.25, -0.2) is 9.37 Å². The van der Waals surface area contributed by atoms with E-state index in [0.717, 1.165) is 8.66 Å². The molecule has 0 atom stereocenters. The van der Waals surface area contributed by atoms with E-state index in [1.165, 1.54) is 23.5 Å². The summed E-state index contributed by atoms with van der Waals surface area (Å²) in [6.07, 6.45) is -0.241. The number of rotatable bonds is 4. The van der Waals surface area contributed by atoms with Crippen LogP contribution < -0.4 is 0 Å². The minimum atomic E-state index is -0.990. The lowest BCUT2D eigenvalue weighted by Crippen LogP contribution is -2.01. The fourth-order valence-corrected chi connectivity index (χ4v) is 3.35. The van der Waals surface area contributed by atoms with Gasteiger partial charge in [0.25, 0.3) is 0 Å². The van der Waals surface area contributed by atoms with Crippen LogP contribution in [0.15, 0.2) is 44.6 Å². The summed E-state index contributed by atoms with van der Waals surface area (Å²) in [5.41, 5.74) is 0.941. The van der Waals surface area contributed by atoms with Crippen molar-refractivity contribution in [1.29, 1.82) is 0 Å². The highest BCUT2D eigenvalue weighted by Gasteiger charge is 2.19. The number of aliphatic carboxylic acids is 1. The van der Waals surface area contributed by atoms with Crippen molar-refractivity contribution in [3.05, 3.63) is 51.7 Å². The zero-order valence-corrected chi connectivity index (χ0v) is 13.4. The fraction of sp³-hybridized carbons (Fsp3) is 0.0667. The predicted octanol–water partition coefficient (Wildman–Crippen LogP) is 4.60. The van der Waals surface area contributed by atoms with Gasteiger partial charge in [0.15, 0.2) is 5.76 Å². The molecular formula is C15H9BrFNO3S. The minimum absolute atomic E-state index is 0.241. The van der Waals surface area contributed by atoms with Gasteiger partial charge >= 0.3 is 5.97 Å². The van der Waals surface area contributed by atoms with Crippen molar-refractivity contribution in [2.45, 2.75) is 6.42 Å². The topological polar surface area (TPSA) is 63.3 Å². The summed E-state index contributed by atoms with van der Waals surface area (Å²) in [5.74, 6) is -0.646. The van der Waals surface area contributed by atoms with Crippen LogP contribution in [0.1, 0.15) is 5.69 Å². The van der Waals surface area contributed by atoms with E-state index in [9.17, 15) is 9.18 Å². The number of carboxylic acid groups (broad SMARTS) is 1. The molecule has 1 N–H and O–H groups in total. The molecule has 7 heteroatoms. The van der Waals surface area contributed by atoms with Gasteiger partial charge in [-0.2, -0.15) is 0 Å². The highest BCUT2D eigenvalue weighted by Crippen LogP contribution is 2.36. The van der Waals surface area contributed by atoms with Crippen LogP contribution in [0.2, 0.25) is 0 Å². The van der Waals surface area contributed by atoms with Crippen LogP contribution in [0.5, 0.6) is 0 Å². The minimum Gasteiger partial charge on any atom is -0.481 e. The first-order valence-electron chi connectivity index (χ1n) is 6.26. The van der Waals surface area contributed by atoms with Gasteiger partial charge in [0.2, 0.25) is 5.89 Å². The Kier molecular flexibility index (Phi) is 4.08. The van der Waals surface area contributed by atoms with Crippen molar-refractivity contribution in [2.24, 2.45) is 0 Å². The van der Waals surface area contributed by atoms with Gasteiger partial charge in [-0.05, 0) is 52.3 Å². The SMILES string of the molecule is O=C(O)Cc1nc(-c2ccc(F)cc2)oc1-c1ccc(Br)s1. The number of thiophene rings is 1. The Labute approximate surface area is 137 Å². The lowest BCUT2D eigenvalue weighted by atomic mass is 10.2. The fourth-order valence-electron chi connectivity index (χ4n) is 1.96. The molecule has 0 aliphatic carbocycles. The molecular weight excluding hydrogens is 373 g/mol. The second-order valence-electron chi connectivity index (χ2n) is 4.48. The lowest BCUT2D eigenvalue weighted by Gasteiger charge is -1.95. The molecule has 3 rings (SSSR count). The average molecular weight is 382 g/mol. The van der Waals surface area contributed by atoms with Gasteiger partial charge in [0.05, 0.1) is 20.8 Å². The Bertz CT molecular complexity index is 826. The molecule has 0 saturated carbocycles. The zero-order chi connectivity index (χ0) is 15.7. The molecule has 0 bridgehead atoms. The van der Waals surface area contributed by atoms with E-state index in [2.05, 4.69) is 20.9 Å². The number of hydrogen-bond donors (Lipinski definition) is 1. The number of nitrogens with zero attached hydrogens (tertiary/aromatic N) is 1. The van der Waals surface area contributed by atoms with E-state index in [1.807, 2.05) is 12.1 Å². The Balaban J connectivity index is 2.07. The van der Waals surface area contributed by atoms with Crippen molar-refractivity contribution in [3.8, 4) is 22.1 Å². The summed E-state index contributed by atoms with van der Waals surface area (Å²) >= 11 is 4.79. The summed E-state index contributed by atoms with van der Waals surface area (Å²) in [6.45, 7) is 0. The standard InChI is InChI=1S/C15H9BrFNO3S/c16-12-6-5-11(22-12)14-10(7-13(19)20)18-15(21-14)8-1-3-9(17)4-2-8/h1-6H,7H2,(H,19,20). The van der Waals surface area contributed by atoms with Crippen LogP contribution in [-0.4, -0.2) is 16.1 Å². The Morgan fingerprint density at radius 1 is 1.27 bits per heavy atom. The number of halogens is 2. The van der Waals surface area contributed by atoms with Gasteiger partial charge in [-0.15, -0.1) is 11.3 Å². The highest BCUT2D eigenvalue weighted by molar-refractivity contribution is 9.11. The smallest absolute Gasteiger partial charge is 0.309 e. The molecule has 0 saturated heterocycles. The number of benzene rings is 1. The van der Waals surface area contributed by atoms with Crippen LogP contribution in [0.4, 0.5) is 4.39 Å². The van der Waals surface area contributed by atoms with E-state index in [-0.39, 0.29) is 18.1 Å². The van der Waals surface area contributed by atoms with E-state index in [0.29, 0.717) is 17.0 Å². The maximum atomic E-state index is 13.0. The summed E-state index contributed by atoms with van der Waals surface area (Å²) in [5, 5.41) is 9.02. The molecule has 0 radical (unpaired) electrons. The Morgan fingerprint density at radius 2 is 2.00 bits per heavy atom. The Hall–Kier alpha value is -1.99. The summed E-state index contributed by atoms with van der Waals surface area (Å²) < 4.78 is 19.6. The summed E-state index contributed by atoms with van der Waals surface area (Å²) in [7, 11) is 0. The first kappa shape index (κ1) is 14.9. The quantitative estimate of drug-likeness (QED) is 0.717. The van der Waals surface area contributed by atoms with Gasteiger partial charge in [-0.1, -0.05) is 0 Å². The summed E-state index contributed by atoms with van der Waals surface area (Å²) in [6, 6.07) is 9.37. The third-order valence-corrected chi connectivity index (χ3v) is 4.53. The number of carboxylic acids is 1. The monoisotopic (exact) mass is 381 g/mol. The molecule has 0 fully saturated rings. The summed E-state index contributed by atoms with van der Waals surface area (Å²) in [4.78, 5) is 16.0. The second-order valence-corrected chi connectivity index (χ2v) is 6.94. The number of hydrogen-bond acceptors (Lipinski definition) is 4. The molecule has 22 heavy (non-hydrogen) atoms. The van der Waals surface area contributed by atoms with E-state index in [1.54, 1.807) is 12.1 Å². The van der Waals surface area contributed by atoms with E-state index >= 15 is 0 Å². The highest BCUT2D eigenvalue weighted by atomic mass is 79.9. The third-order valence-electron chi connectivity index (χ3n) is 2.90. The molecule has 0 aliphatic heterocycles. The number of oxazole rings is 1. The van der Waals surface area contributed by atoms with Gasteiger partial charge in [0, 0.05) is 5.56 Å². The lowest BCUT2D eigenvalue weighted by molar-refractivity contribution is -0.136. The maximum Gasteiger partial charge on any atom is 0.309 e. The van der Waals surface area contributed by atoms with Gasteiger partial charge in [0.1, 0.15) is 5.82 Å². The molecule has 1 aromatic carbocycles. The number of carbonyl (C=O) groups is 1. The number of aromatic nitrogens is 1. The first-order chi connectivity index (χ1) is 10.5. The molecule has 3 aromatic rings. The van der Waals surface area contributed by atoms with Gasteiger partial charge in [-0.3, -0.25) is 4.79 Å². The van der Waals surface area contributed by atoms with Crippen LogP contribution in [0.25, 0.3) is 22.1 Å². The van der Waals surface area contributed by atoms with Crippen molar-refractivity contribution in [2.75, 3.05) is 0 Å². The largest absolute Gasteiger partial charge is 0.481 e. The Morgan fingerprint density at radius 3 is 2.59 bits per heavy atom. The van der Waals surface area contributed by atoms with E-state index < -0.39 is 5.97 Å². The van der Waals surface area contributed by atoms with Crippen LogP contribution in [0.3, 0.4) is 0 Å². The van der Waals surface area contributed by atoms with Crippen molar-refractivity contribution < 1.29 is 18.7 Å². The van der Waals surface area contributed by atoms with Crippen LogP contribution in [-0.2, 0) is 11.2 Å². The molecule has 0 aliphatic rings. The molecule has 2 heterocycles.